The van der Waals surface area contributed by atoms with E-state index in [1.807, 2.05) is 54.6 Å². The lowest BCUT2D eigenvalue weighted by Crippen LogP contribution is -2.63. The summed E-state index contributed by atoms with van der Waals surface area (Å²) in [7, 11) is -5.01. The van der Waals surface area contributed by atoms with E-state index in [2.05, 4.69) is 158 Å². The zero-order chi connectivity index (χ0) is 64.4. The number of hydrogen-bond donors (Lipinski definition) is 1. The molecule has 1 N–H and O–H groups in total. The van der Waals surface area contributed by atoms with Gasteiger partial charge in [0.1, 0.15) is 24.4 Å². The number of nitrogens with one attached hydrogen (secondary N) is 1. The monoisotopic (exact) mass is 1260 g/mol. The average Bonchev–Trinajstić information content (AvgIpc) is 1.42. The van der Waals surface area contributed by atoms with Gasteiger partial charge in [0, 0.05) is 17.9 Å². The number of unbranched alkanes of at least 4 members (excludes halogenated alkanes) is 14. The number of amides is 1. The number of hydrogen-bond acceptors (Lipinski definition) is 10. The zero-order valence-corrected chi connectivity index (χ0v) is 59.2. The van der Waals surface area contributed by atoms with Crippen LogP contribution in [-0.2, 0) is 74.7 Å². The summed E-state index contributed by atoms with van der Waals surface area (Å²) in [4.78, 5) is 17.4. The molecule has 496 valence electrons. The molecule has 0 bridgehead atoms. The van der Waals surface area contributed by atoms with Gasteiger partial charge in [0.25, 0.3) is 0 Å². The van der Waals surface area contributed by atoms with Gasteiger partial charge in [0.15, 0.2) is 22.9 Å². The Balaban J connectivity index is 1.53. The lowest BCUT2D eigenvalue weighted by atomic mass is 9.97. The summed E-state index contributed by atoms with van der Waals surface area (Å²) in [6, 6.07) is 38.2. The topological polar surface area (TPSA) is 152 Å². The molecule has 1 fully saturated rings. The molecule has 8 atom stereocenters. The molecule has 5 rings (SSSR count). The fraction of sp³-hybridized carbons (Fsp3) is 0.662. The molecule has 1 heterocycles. The van der Waals surface area contributed by atoms with Gasteiger partial charge in [-0.2, -0.15) is 0 Å². The first-order valence-corrected chi connectivity index (χ1v) is 40.1. The summed E-state index contributed by atoms with van der Waals surface area (Å²) >= 11 is 0. The zero-order valence-electron chi connectivity index (χ0n) is 57.2. The van der Waals surface area contributed by atoms with Crippen molar-refractivity contribution in [1.82, 2.24) is 5.32 Å². The van der Waals surface area contributed by atoms with Crippen LogP contribution in [0.1, 0.15) is 199 Å². The van der Waals surface area contributed by atoms with Crippen molar-refractivity contribution in [2.45, 2.75) is 289 Å². The molecule has 0 unspecified atom stereocenters. The molecule has 4 aromatic rings. The van der Waals surface area contributed by atoms with Crippen LogP contribution in [0.5, 0.6) is 0 Å². The number of nitrogens with zero attached hydrogens (tertiary/aromatic N) is 3. The van der Waals surface area contributed by atoms with Crippen LogP contribution in [0, 0.1) is 0 Å². The fourth-order valence-corrected chi connectivity index (χ4v) is 13.6. The van der Waals surface area contributed by atoms with Gasteiger partial charge in [0.2, 0.25) is 5.91 Å². The first-order valence-electron chi connectivity index (χ1n) is 34.3. The lowest BCUT2D eigenvalue weighted by molar-refractivity contribution is -0.329. The molecule has 0 saturated carbocycles. The molecule has 1 amide bonds. The van der Waals surface area contributed by atoms with Crippen LogP contribution >= 0.6 is 0 Å². The van der Waals surface area contributed by atoms with Crippen molar-refractivity contribution >= 4 is 22.5 Å². The maximum Gasteiger partial charge on any atom is 0.220 e. The maximum atomic E-state index is 14.5. The highest BCUT2D eigenvalue weighted by atomic mass is 28.4. The van der Waals surface area contributed by atoms with Gasteiger partial charge < -0.3 is 42.6 Å². The summed E-state index contributed by atoms with van der Waals surface area (Å²) < 4.78 is 58.1. The number of rotatable bonds is 45. The Hall–Kier alpha value is -4.23. The Morgan fingerprint density at radius 3 is 1.49 bits per heavy atom. The highest BCUT2D eigenvalue weighted by Crippen LogP contribution is 2.42. The van der Waals surface area contributed by atoms with Crippen LogP contribution in [0.4, 0.5) is 0 Å². The molecule has 1 aliphatic heterocycles. The summed E-state index contributed by atoms with van der Waals surface area (Å²) in [5.41, 5.74) is 14.0. The second-order valence-electron chi connectivity index (χ2n) is 27.9. The minimum absolute atomic E-state index is 0.0409. The molecular formula is C74H118N4O9Si2. The van der Waals surface area contributed by atoms with E-state index in [-0.39, 0.29) is 48.5 Å². The quantitative estimate of drug-likeness (QED) is 0.0150. The van der Waals surface area contributed by atoms with Gasteiger partial charge in [-0.3, -0.25) is 4.79 Å². The largest absolute Gasteiger partial charge is 0.411 e. The molecule has 0 spiro atoms. The van der Waals surface area contributed by atoms with Crippen LogP contribution in [0.25, 0.3) is 10.4 Å². The SMILES string of the molecule is CCCCCCCCCCCCCCCC[C@@H](O[Si](C)(C)C(C)(C)C)[C@@H](O[Si](C)(C)C(C)(C)C)[C@H](CO[C@H]1O[C@H](COCCc2ccc(CCN=[N+]=[N-])cc2)[C@H](OCc2ccccc2)[C@H](OCc2ccccc2)[C@H]1OCc1ccccc1)NC(=O)CCCC. The Kier molecular flexibility index (Phi) is 34.5. The standard InChI is InChI=1S/C74H118N4O9Si2/c1-13-15-17-18-19-20-21-22-23-24-25-26-27-37-44-65(86-88(9,10)73(3,4)5)68(87-89(11,12)74(6,7)8)64(77-67(79)45-16-14-2)57-84-72-71(83-56-63-42-35-30-36-43-63)70(82-55-62-40-33-29-34-41-62)69(81-54-61-38-31-28-32-39-61)66(85-72)58-80-53-51-60-48-46-59(47-49-60)50-52-76-78-75/h28-36,38-43,46-49,64-66,68-72H,13-27,37,44-45,50-58H2,1-12H3,(H,77,79)/t64-,65+,66+,68-,69-,70-,71+,72-/m0/s1. The summed E-state index contributed by atoms with van der Waals surface area (Å²) in [5.74, 6) is -0.0409. The second kappa shape index (κ2) is 40.7. The summed E-state index contributed by atoms with van der Waals surface area (Å²) in [6.07, 6.45) is 17.4. The van der Waals surface area contributed by atoms with Crippen molar-refractivity contribution in [3.05, 3.63) is 154 Å². The second-order valence-corrected chi connectivity index (χ2v) is 37.4. The number of azide groups is 1. The number of carbonyl (C=O) groups is 1. The lowest BCUT2D eigenvalue weighted by Gasteiger charge is -2.48. The predicted molar refractivity (Wildman–Crippen MR) is 369 cm³/mol. The van der Waals surface area contributed by atoms with Gasteiger partial charge >= 0.3 is 0 Å². The van der Waals surface area contributed by atoms with E-state index in [0.717, 1.165) is 59.9 Å². The van der Waals surface area contributed by atoms with Gasteiger partial charge in [-0.1, -0.05) is 272 Å². The van der Waals surface area contributed by atoms with E-state index in [9.17, 15) is 4.79 Å². The molecule has 4 aromatic carbocycles. The molecule has 15 heteroatoms. The van der Waals surface area contributed by atoms with Gasteiger partial charge in [0.05, 0.1) is 57.9 Å². The first kappa shape index (κ1) is 75.5. The Morgan fingerprint density at radius 2 is 1.01 bits per heavy atom. The highest BCUT2D eigenvalue weighted by molar-refractivity contribution is 6.74. The van der Waals surface area contributed by atoms with E-state index >= 15 is 0 Å². The number of ether oxygens (including phenoxy) is 6. The Bertz CT molecular complexity index is 2540. The van der Waals surface area contributed by atoms with Crippen molar-refractivity contribution in [2.75, 3.05) is 26.4 Å². The Labute approximate surface area is 541 Å². The molecule has 13 nitrogen and oxygen atoms in total. The minimum atomic E-state index is -2.57. The van der Waals surface area contributed by atoms with Gasteiger partial charge in [-0.05, 0) is 95.3 Å². The van der Waals surface area contributed by atoms with Crippen LogP contribution in [-0.4, -0.2) is 97.9 Å². The summed E-state index contributed by atoms with van der Waals surface area (Å²) in [6.45, 7) is 29.4. The van der Waals surface area contributed by atoms with Crippen molar-refractivity contribution in [3.63, 3.8) is 0 Å². The molecule has 0 aromatic heterocycles. The molecule has 89 heavy (non-hydrogen) atoms. The highest BCUT2D eigenvalue weighted by Gasteiger charge is 2.51. The third kappa shape index (κ3) is 27.9. The van der Waals surface area contributed by atoms with Gasteiger partial charge in [-0.25, -0.2) is 0 Å². The predicted octanol–water partition coefficient (Wildman–Crippen LogP) is 18.9. The first-order chi connectivity index (χ1) is 42.7. The van der Waals surface area contributed by atoms with Crippen molar-refractivity contribution in [3.8, 4) is 0 Å². The molecule has 0 aliphatic carbocycles. The van der Waals surface area contributed by atoms with E-state index in [4.69, 9.17) is 42.8 Å². The van der Waals surface area contributed by atoms with E-state index in [0.29, 0.717) is 39.0 Å². The maximum absolute atomic E-state index is 14.5. The number of benzene rings is 4. The van der Waals surface area contributed by atoms with Crippen LogP contribution in [0.3, 0.4) is 0 Å². The van der Waals surface area contributed by atoms with Crippen molar-refractivity contribution < 1.29 is 42.1 Å². The number of carbonyl (C=O) groups excluding carboxylic acids is 1. The molecular weight excluding hydrogens is 1150 g/mol. The smallest absolute Gasteiger partial charge is 0.220 e. The normalized spacial score (nSPS) is 18.5. The summed E-state index contributed by atoms with van der Waals surface area (Å²) in [5, 5.41) is 7.04. The molecule has 0 radical (unpaired) electrons. The third-order valence-corrected chi connectivity index (χ3v) is 27.5. The molecule has 1 aliphatic rings. The fourth-order valence-electron chi connectivity index (χ4n) is 10.9. The van der Waals surface area contributed by atoms with E-state index in [1.165, 1.54) is 77.0 Å². The molecule has 1 saturated heterocycles. The van der Waals surface area contributed by atoms with E-state index < -0.39 is 59.5 Å². The van der Waals surface area contributed by atoms with Gasteiger partial charge in [-0.15, -0.1) is 0 Å². The van der Waals surface area contributed by atoms with Crippen LogP contribution in [0.15, 0.2) is 120 Å². The van der Waals surface area contributed by atoms with Crippen LogP contribution < -0.4 is 5.32 Å². The van der Waals surface area contributed by atoms with Crippen molar-refractivity contribution in [2.24, 2.45) is 5.11 Å². The third-order valence-electron chi connectivity index (χ3n) is 18.5. The average molecular weight is 1260 g/mol. The van der Waals surface area contributed by atoms with E-state index in [1.54, 1.807) is 0 Å². The van der Waals surface area contributed by atoms with Crippen LogP contribution in [0.2, 0.25) is 36.3 Å². The van der Waals surface area contributed by atoms with Crippen molar-refractivity contribution in [1.29, 1.82) is 0 Å². The minimum Gasteiger partial charge on any atom is -0.411 e. The Morgan fingerprint density at radius 1 is 0.562 bits per heavy atom.